The molecule has 5 heteroatoms. The van der Waals surface area contributed by atoms with Crippen LogP contribution in [0.25, 0.3) is 33.3 Å². The molecule has 0 aliphatic rings. The lowest BCUT2D eigenvalue weighted by Crippen LogP contribution is -2.22. The zero-order chi connectivity index (χ0) is 24.4. The third-order valence-electron chi connectivity index (χ3n) is 6.05. The molecule has 0 saturated heterocycles. The molecule has 0 radical (unpaired) electrons. The molecule has 2 N–H and O–H groups in total. The number of thioether (sulfide) groups is 1. The fourth-order valence-corrected chi connectivity index (χ4v) is 4.85. The Morgan fingerprint density at radius 2 is 1.46 bits per heavy atom. The second-order valence-corrected chi connectivity index (χ2v) is 10.1. The summed E-state index contributed by atoms with van der Waals surface area (Å²) in [7, 11) is 0. The molecule has 0 spiro atoms. The highest BCUT2D eigenvalue weighted by atomic mass is 32.2. The van der Waals surface area contributed by atoms with Crippen LogP contribution in [0.3, 0.4) is 0 Å². The molecule has 0 fully saturated rings. The van der Waals surface area contributed by atoms with Crippen LogP contribution in [0.4, 0.5) is 5.69 Å². The summed E-state index contributed by atoms with van der Waals surface area (Å²) in [6.07, 6.45) is 0. The van der Waals surface area contributed by atoms with E-state index in [1.54, 1.807) is 0 Å². The lowest BCUT2D eigenvalue weighted by atomic mass is 10.0. The van der Waals surface area contributed by atoms with Crippen molar-refractivity contribution in [2.75, 3.05) is 5.32 Å². The van der Waals surface area contributed by atoms with Gasteiger partial charge < -0.3 is 10.3 Å². The number of nitrogens with one attached hydrogen (secondary N) is 2. The van der Waals surface area contributed by atoms with Gasteiger partial charge in [0.1, 0.15) is 0 Å². The summed E-state index contributed by atoms with van der Waals surface area (Å²) in [6.45, 7) is 6.06. The topological polar surface area (TPSA) is 57.8 Å². The molecule has 0 aliphatic carbocycles. The van der Waals surface area contributed by atoms with Gasteiger partial charge in [0.05, 0.1) is 16.6 Å². The first-order chi connectivity index (χ1) is 17.0. The van der Waals surface area contributed by atoms with Gasteiger partial charge in [-0.1, -0.05) is 108 Å². The van der Waals surface area contributed by atoms with Crippen molar-refractivity contribution in [1.29, 1.82) is 0 Å². The molecule has 5 aromatic rings. The van der Waals surface area contributed by atoms with E-state index in [1.807, 2.05) is 49.4 Å². The quantitative estimate of drug-likeness (QED) is 0.247. The molecular weight excluding hydrogens is 450 g/mol. The molecule has 174 valence electrons. The minimum atomic E-state index is -0.336. The van der Waals surface area contributed by atoms with E-state index in [0.717, 1.165) is 44.1 Å². The van der Waals surface area contributed by atoms with Gasteiger partial charge in [-0.15, -0.1) is 0 Å². The summed E-state index contributed by atoms with van der Waals surface area (Å²) in [5, 5.41) is 5.61. The van der Waals surface area contributed by atoms with Crippen LogP contribution in [0.2, 0.25) is 0 Å². The predicted molar refractivity (Wildman–Crippen MR) is 147 cm³/mol. The standard InChI is InChI=1S/C30H27N3OS/c1-19-11-15-23(16-12-19)27-28(24-17-13-20(2)14-18-24)33-30(32-27)35-21(3)29(34)31-26-10-6-8-22-7-4-5-9-25(22)26/h4-18,21H,1-3H3,(H,31,34)(H,32,33). The predicted octanol–water partition coefficient (Wildman–Crippen LogP) is 7.63. The Kier molecular flexibility index (Phi) is 6.43. The highest BCUT2D eigenvalue weighted by Crippen LogP contribution is 2.34. The molecule has 1 atom stereocenters. The lowest BCUT2D eigenvalue weighted by Gasteiger charge is -2.12. The fourth-order valence-electron chi connectivity index (χ4n) is 4.05. The van der Waals surface area contributed by atoms with E-state index in [9.17, 15) is 4.79 Å². The number of carbonyl (C=O) groups excluding carboxylic acids is 1. The number of nitrogens with zero attached hydrogens (tertiary/aromatic N) is 1. The van der Waals surface area contributed by atoms with Crippen molar-refractivity contribution < 1.29 is 4.79 Å². The number of imidazole rings is 1. The molecule has 4 aromatic carbocycles. The summed E-state index contributed by atoms with van der Waals surface area (Å²) in [4.78, 5) is 21.5. The second kappa shape index (κ2) is 9.80. The third kappa shape index (κ3) is 5.00. The molecule has 4 nitrogen and oxygen atoms in total. The number of carbonyl (C=O) groups is 1. The largest absolute Gasteiger partial charge is 0.332 e. The average molecular weight is 478 g/mol. The normalized spacial score (nSPS) is 12.0. The van der Waals surface area contributed by atoms with E-state index in [0.29, 0.717) is 0 Å². The van der Waals surface area contributed by atoms with Crippen molar-refractivity contribution in [3.8, 4) is 22.5 Å². The van der Waals surface area contributed by atoms with E-state index in [2.05, 4.69) is 72.7 Å². The Balaban J connectivity index is 1.42. The van der Waals surface area contributed by atoms with Gasteiger partial charge in [0, 0.05) is 22.2 Å². The number of aromatic nitrogens is 2. The minimum absolute atomic E-state index is 0.0588. The number of H-pyrrole nitrogens is 1. The molecule has 0 bridgehead atoms. The van der Waals surface area contributed by atoms with Crippen molar-refractivity contribution in [2.24, 2.45) is 0 Å². The highest BCUT2D eigenvalue weighted by Gasteiger charge is 2.20. The summed E-state index contributed by atoms with van der Waals surface area (Å²) in [6, 6.07) is 30.8. The Bertz CT molecular complexity index is 1420. The maximum Gasteiger partial charge on any atom is 0.237 e. The van der Waals surface area contributed by atoms with Crippen LogP contribution in [0.15, 0.2) is 96.2 Å². The Hall–Kier alpha value is -3.83. The number of hydrogen-bond donors (Lipinski definition) is 2. The summed E-state index contributed by atoms with van der Waals surface area (Å²) < 4.78 is 0. The van der Waals surface area contributed by atoms with Crippen LogP contribution < -0.4 is 5.32 Å². The van der Waals surface area contributed by atoms with Gasteiger partial charge in [-0.05, 0) is 32.2 Å². The number of fused-ring (bicyclic) bond motifs is 1. The Labute approximate surface area is 209 Å². The van der Waals surface area contributed by atoms with E-state index < -0.39 is 0 Å². The monoisotopic (exact) mass is 477 g/mol. The van der Waals surface area contributed by atoms with Crippen molar-refractivity contribution in [3.05, 3.63) is 102 Å². The zero-order valence-corrected chi connectivity index (χ0v) is 20.8. The van der Waals surface area contributed by atoms with Crippen LogP contribution >= 0.6 is 11.8 Å². The van der Waals surface area contributed by atoms with Crippen LogP contribution in [0.5, 0.6) is 0 Å². The third-order valence-corrected chi connectivity index (χ3v) is 7.04. The first-order valence-corrected chi connectivity index (χ1v) is 12.6. The van der Waals surface area contributed by atoms with Crippen LogP contribution in [0, 0.1) is 13.8 Å². The van der Waals surface area contributed by atoms with E-state index in [1.165, 1.54) is 22.9 Å². The molecule has 0 saturated carbocycles. The zero-order valence-electron chi connectivity index (χ0n) is 20.0. The molecule has 35 heavy (non-hydrogen) atoms. The second-order valence-electron chi connectivity index (χ2n) is 8.77. The maximum absolute atomic E-state index is 13.1. The first-order valence-electron chi connectivity index (χ1n) is 11.7. The highest BCUT2D eigenvalue weighted by molar-refractivity contribution is 8.00. The molecule has 0 aliphatic heterocycles. The number of anilines is 1. The maximum atomic E-state index is 13.1. The molecule has 1 aromatic heterocycles. The number of amides is 1. The van der Waals surface area contributed by atoms with E-state index in [4.69, 9.17) is 4.98 Å². The number of aryl methyl sites for hydroxylation is 2. The van der Waals surface area contributed by atoms with Gasteiger partial charge in [-0.2, -0.15) is 0 Å². The van der Waals surface area contributed by atoms with Crippen molar-refractivity contribution in [2.45, 2.75) is 31.2 Å². The van der Waals surface area contributed by atoms with Crippen LogP contribution in [-0.4, -0.2) is 21.1 Å². The average Bonchev–Trinajstić information content (AvgIpc) is 3.28. The number of rotatable bonds is 6. The molecule has 5 rings (SSSR count). The van der Waals surface area contributed by atoms with Crippen molar-refractivity contribution in [3.63, 3.8) is 0 Å². The van der Waals surface area contributed by atoms with Crippen molar-refractivity contribution in [1.82, 2.24) is 9.97 Å². The smallest absolute Gasteiger partial charge is 0.237 e. The minimum Gasteiger partial charge on any atom is -0.332 e. The molecule has 1 heterocycles. The van der Waals surface area contributed by atoms with Crippen molar-refractivity contribution >= 4 is 34.1 Å². The molecule has 1 unspecified atom stereocenters. The van der Waals surface area contributed by atoms with Gasteiger partial charge in [0.25, 0.3) is 0 Å². The van der Waals surface area contributed by atoms with Gasteiger partial charge in [0.2, 0.25) is 5.91 Å². The van der Waals surface area contributed by atoms with Gasteiger partial charge in [0.15, 0.2) is 5.16 Å². The summed E-state index contributed by atoms with van der Waals surface area (Å²) >= 11 is 1.43. The lowest BCUT2D eigenvalue weighted by molar-refractivity contribution is -0.115. The fraction of sp³-hybridized carbons (Fsp3) is 0.133. The Morgan fingerprint density at radius 1 is 0.829 bits per heavy atom. The molecular formula is C30H27N3OS. The Morgan fingerprint density at radius 3 is 2.17 bits per heavy atom. The summed E-state index contributed by atoms with van der Waals surface area (Å²) in [5.41, 5.74) is 7.19. The van der Waals surface area contributed by atoms with E-state index in [-0.39, 0.29) is 11.2 Å². The van der Waals surface area contributed by atoms with Crippen LogP contribution in [-0.2, 0) is 4.79 Å². The number of benzene rings is 4. The SMILES string of the molecule is Cc1ccc(-c2nc(SC(C)C(=O)Nc3cccc4ccccc34)[nH]c2-c2ccc(C)cc2)cc1. The number of aromatic amines is 1. The first kappa shape index (κ1) is 22.9. The number of hydrogen-bond acceptors (Lipinski definition) is 3. The van der Waals surface area contributed by atoms with E-state index >= 15 is 0 Å². The van der Waals surface area contributed by atoms with Gasteiger partial charge >= 0.3 is 0 Å². The van der Waals surface area contributed by atoms with Gasteiger partial charge in [-0.3, -0.25) is 4.79 Å². The summed E-state index contributed by atoms with van der Waals surface area (Å²) in [5.74, 6) is -0.0588. The molecule has 1 amide bonds. The van der Waals surface area contributed by atoms with Crippen LogP contribution in [0.1, 0.15) is 18.1 Å². The van der Waals surface area contributed by atoms with Gasteiger partial charge in [-0.25, -0.2) is 4.98 Å².